The number of piperidine rings is 1. The van der Waals surface area contributed by atoms with E-state index in [1.54, 1.807) is 6.07 Å². The number of H-pyrrole nitrogens is 1. The van der Waals surface area contributed by atoms with Gasteiger partial charge >= 0.3 is 0 Å². The molecule has 4 rings (SSSR count). The number of rotatable bonds is 6. The number of pyridine rings is 1. The molecule has 0 bridgehead atoms. The van der Waals surface area contributed by atoms with E-state index >= 15 is 0 Å². The van der Waals surface area contributed by atoms with Crippen molar-refractivity contribution in [1.29, 1.82) is 0 Å². The molecule has 5 heteroatoms. The van der Waals surface area contributed by atoms with Crippen molar-refractivity contribution in [3.63, 3.8) is 0 Å². The Balaban J connectivity index is 0.00000225. The minimum absolute atomic E-state index is 0. The normalized spacial score (nSPS) is 15.3. The number of ether oxygens (including phenoxy) is 1. The van der Waals surface area contributed by atoms with Gasteiger partial charge in [-0.15, -0.1) is 12.4 Å². The first-order valence-electron chi connectivity index (χ1n) is 9.82. The predicted molar refractivity (Wildman–Crippen MR) is 117 cm³/mol. The lowest BCUT2D eigenvalue weighted by atomic mass is 9.89. The van der Waals surface area contributed by atoms with E-state index in [-0.39, 0.29) is 18.0 Å². The number of nitrogens with one attached hydrogen (secondary N) is 1. The van der Waals surface area contributed by atoms with E-state index in [9.17, 15) is 4.79 Å². The number of benzene rings is 2. The minimum atomic E-state index is -0.0847. The number of aromatic amines is 1. The average Bonchev–Trinajstić information content (AvgIpc) is 2.72. The SMILES string of the molecule is Cl.O=c1ccc2c(OCCCN3CCC(c4ccccc4)CC3)cccc2[nH]1. The van der Waals surface area contributed by atoms with E-state index in [1.807, 2.05) is 24.3 Å². The van der Waals surface area contributed by atoms with Gasteiger partial charge in [0.25, 0.3) is 0 Å². The maximum atomic E-state index is 11.4. The molecule has 1 fully saturated rings. The molecule has 0 unspecified atom stereocenters. The third-order valence-electron chi connectivity index (χ3n) is 5.46. The highest BCUT2D eigenvalue weighted by atomic mass is 35.5. The first-order valence-corrected chi connectivity index (χ1v) is 9.82. The quantitative estimate of drug-likeness (QED) is 0.617. The molecule has 0 atom stereocenters. The maximum Gasteiger partial charge on any atom is 0.248 e. The van der Waals surface area contributed by atoms with Gasteiger partial charge in [0.1, 0.15) is 5.75 Å². The van der Waals surface area contributed by atoms with Crippen molar-refractivity contribution in [2.24, 2.45) is 0 Å². The number of hydrogen-bond donors (Lipinski definition) is 1. The fourth-order valence-electron chi connectivity index (χ4n) is 3.97. The monoisotopic (exact) mass is 398 g/mol. The second kappa shape index (κ2) is 9.76. The number of hydrogen-bond acceptors (Lipinski definition) is 3. The van der Waals surface area contributed by atoms with Crippen LogP contribution in [0.4, 0.5) is 0 Å². The lowest BCUT2D eigenvalue weighted by Crippen LogP contribution is -2.34. The van der Waals surface area contributed by atoms with Crippen LogP contribution < -0.4 is 10.3 Å². The fraction of sp³-hybridized carbons (Fsp3) is 0.348. The van der Waals surface area contributed by atoms with Crippen LogP contribution in [0.3, 0.4) is 0 Å². The van der Waals surface area contributed by atoms with E-state index < -0.39 is 0 Å². The molecule has 0 amide bonds. The Morgan fingerprint density at radius 2 is 1.75 bits per heavy atom. The third-order valence-corrected chi connectivity index (χ3v) is 5.46. The Bertz CT molecular complexity index is 934. The summed E-state index contributed by atoms with van der Waals surface area (Å²) in [6.45, 7) is 4.09. The third kappa shape index (κ3) is 4.94. The zero-order valence-electron chi connectivity index (χ0n) is 16.0. The molecular weight excluding hydrogens is 372 g/mol. The Labute approximate surface area is 171 Å². The largest absolute Gasteiger partial charge is 0.493 e. The van der Waals surface area contributed by atoms with Gasteiger partial charge in [-0.2, -0.15) is 0 Å². The summed E-state index contributed by atoms with van der Waals surface area (Å²) in [5.41, 5.74) is 2.22. The maximum absolute atomic E-state index is 11.4. The van der Waals surface area contributed by atoms with Crippen molar-refractivity contribution >= 4 is 23.3 Å². The smallest absolute Gasteiger partial charge is 0.248 e. The summed E-state index contributed by atoms with van der Waals surface area (Å²) >= 11 is 0. The van der Waals surface area contributed by atoms with Gasteiger partial charge in [0.2, 0.25) is 5.56 Å². The first-order chi connectivity index (χ1) is 13.3. The molecule has 1 aromatic heterocycles. The van der Waals surface area contributed by atoms with Crippen LogP contribution in [0.2, 0.25) is 0 Å². The summed E-state index contributed by atoms with van der Waals surface area (Å²) in [5, 5.41) is 0.959. The van der Waals surface area contributed by atoms with Crippen LogP contribution >= 0.6 is 12.4 Å². The highest BCUT2D eigenvalue weighted by molar-refractivity contribution is 5.85. The fourth-order valence-corrected chi connectivity index (χ4v) is 3.97. The molecule has 0 radical (unpaired) electrons. The summed E-state index contributed by atoms with van der Waals surface area (Å²) in [6, 6.07) is 20.0. The zero-order valence-corrected chi connectivity index (χ0v) is 16.8. The minimum Gasteiger partial charge on any atom is -0.493 e. The first kappa shape index (κ1) is 20.4. The summed E-state index contributed by atoms with van der Waals surface area (Å²) in [6.07, 6.45) is 3.48. The second-order valence-corrected chi connectivity index (χ2v) is 7.27. The molecule has 148 valence electrons. The zero-order chi connectivity index (χ0) is 18.5. The topological polar surface area (TPSA) is 45.3 Å². The van der Waals surface area contributed by atoms with Crippen LogP contribution in [-0.2, 0) is 0 Å². The molecule has 2 heterocycles. The van der Waals surface area contributed by atoms with Crippen LogP contribution in [0.15, 0.2) is 65.5 Å². The Morgan fingerprint density at radius 1 is 0.964 bits per heavy atom. The van der Waals surface area contributed by atoms with E-state index in [1.165, 1.54) is 18.4 Å². The van der Waals surface area contributed by atoms with Gasteiger partial charge in [0.15, 0.2) is 0 Å². The Morgan fingerprint density at radius 3 is 2.54 bits per heavy atom. The van der Waals surface area contributed by atoms with Crippen molar-refractivity contribution in [2.45, 2.75) is 25.2 Å². The van der Waals surface area contributed by atoms with Crippen molar-refractivity contribution < 1.29 is 4.74 Å². The van der Waals surface area contributed by atoms with Crippen LogP contribution in [0, 0.1) is 0 Å². The highest BCUT2D eigenvalue weighted by Crippen LogP contribution is 2.28. The molecule has 4 nitrogen and oxygen atoms in total. The molecular formula is C23H27ClN2O2. The molecule has 1 aliphatic heterocycles. The summed E-state index contributed by atoms with van der Waals surface area (Å²) < 4.78 is 5.99. The van der Waals surface area contributed by atoms with E-state index in [2.05, 4.69) is 40.2 Å². The number of fused-ring (bicyclic) bond motifs is 1. The average molecular weight is 399 g/mol. The molecule has 28 heavy (non-hydrogen) atoms. The van der Waals surface area contributed by atoms with Crippen LogP contribution in [0.5, 0.6) is 5.75 Å². The van der Waals surface area contributed by atoms with Gasteiger partial charge in [0.05, 0.1) is 12.1 Å². The number of aromatic nitrogens is 1. The predicted octanol–water partition coefficient (Wildman–Crippen LogP) is 4.60. The summed E-state index contributed by atoms with van der Waals surface area (Å²) in [7, 11) is 0. The van der Waals surface area contributed by atoms with Gasteiger partial charge in [-0.25, -0.2) is 0 Å². The molecule has 0 saturated carbocycles. The van der Waals surface area contributed by atoms with Gasteiger partial charge in [-0.3, -0.25) is 4.79 Å². The molecule has 0 spiro atoms. The lowest BCUT2D eigenvalue weighted by molar-refractivity contribution is 0.193. The standard InChI is InChI=1S/C23H26N2O2.ClH/c26-23-11-10-20-21(24-23)8-4-9-22(20)27-17-5-14-25-15-12-19(13-16-25)18-6-2-1-3-7-18;/h1-4,6-11,19H,5,12-17H2,(H,24,26);1H. The van der Waals surface area contributed by atoms with Gasteiger partial charge in [-0.05, 0) is 62.0 Å². The highest BCUT2D eigenvalue weighted by Gasteiger charge is 2.19. The molecule has 3 aromatic rings. The van der Waals surface area contributed by atoms with Crippen molar-refractivity contribution in [3.05, 3.63) is 76.6 Å². The van der Waals surface area contributed by atoms with Crippen molar-refractivity contribution in [1.82, 2.24) is 9.88 Å². The van der Waals surface area contributed by atoms with Crippen molar-refractivity contribution in [2.75, 3.05) is 26.2 Å². The van der Waals surface area contributed by atoms with E-state index in [0.29, 0.717) is 12.5 Å². The van der Waals surface area contributed by atoms with Crippen LogP contribution in [-0.4, -0.2) is 36.1 Å². The van der Waals surface area contributed by atoms with E-state index in [0.717, 1.165) is 42.7 Å². The summed E-state index contributed by atoms with van der Waals surface area (Å²) in [4.78, 5) is 16.8. The Hall–Kier alpha value is -2.30. The molecule has 0 aliphatic carbocycles. The van der Waals surface area contributed by atoms with Crippen LogP contribution in [0.1, 0.15) is 30.7 Å². The second-order valence-electron chi connectivity index (χ2n) is 7.27. The molecule has 2 aromatic carbocycles. The molecule has 1 N–H and O–H groups in total. The van der Waals surface area contributed by atoms with Gasteiger partial charge in [-0.1, -0.05) is 36.4 Å². The lowest BCUT2D eigenvalue weighted by Gasteiger charge is -2.32. The number of likely N-dealkylation sites (tertiary alicyclic amines) is 1. The van der Waals surface area contributed by atoms with Gasteiger partial charge < -0.3 is 14.6 Å². The number of nitrogens with zero attached hydrogens (tertiary/aromatic N) is 1. The molecule has 1 saturated heterocycles. The molecule has 1 aliphatic rings. The Kier molecular flexibility index (Phi) is 7.12. The van der Waals surface area contributed by atoms with Gasteiger partial charge in [0, 0.05) is 18.0 Å². The van der Waals surface area contributed by atoms with Crippen LogP contribution in [0.25, 0.3) is 10.9 Å². The van der Waals surface area contributed by atoms with Crippen molar-refractivity contribution in [3.8, 4) is 5.75 Å². The summed E-state index contributed by atoms with van der Waals surface area (Å²) in [5.74, 6) is 1.54. The van der Waals surface area contributed by atoms with E-state index in [4.69, 9.17) is 4.74 Å². The number of halogens is 1.